The van der Waals surface area contributed by atoms with E-state index < -0.39 is 0 Å². The van der Waals surface area contributed by atoms with E-state index in [9.17, 15) is 14.0 Å². The van der Waals surface area contributed by atoms with Crippen LogP contribution >= 0.6 is 0 Å². The Bertz CT molecular complexity index is 1140. The third-order valence-corrected chi connectivity index (χ3v) is 5.66. The highest BCUT2D eigenvalue weighted by atomic mass is 19.1. The molecule has 3 aromatic rings. The molecule has 2 N–H and O–H groups in total. The van der Waals surface area contributed by atoms with Crippen LogP contribution in [-0.4, -0.2) is 23.0 Å². The Morgan fingerprint density at radius 3 is 2.74 bits per heavy atom. The number of amides is 1. The van der Waals surface area contributed by atoms with Crippen molar-refractivity contribution < 1.29 is 13.9 Å². The maximum absolute atomic E-state index is 13.2. The molecular formula is C24H24FN3O3. The number of halogens is 1. The highest BCUT2D eigenvalue weighted by Crippen LogP contribution is 2.24. The number of nitrogens with zero attached hydrogens (tertiary/aromatic N) is 1. The third-order valence-electron chi connectivity index (χ3n) is 5.66. The number of aromatic nitrogens is 2. The number of nitrogens with one attached hydrogen (secondary N) is 2. The molecule has 0 fully saturated rings. The summed E-state index contributed by atoms with van der Waals surface area (Å²) in [6, 6.07) is 13.4. The second kappa shape index (κ2) is 9.12. The summed E-state index contributed by atoms with van der Waals surface area (Å²) in [4.78, 5) is 32.8. The average molecular weight is 421 g/mol. The Morgan fingerprint density at radius 1 is 1.19 bits per heavy atom. The van der Waals surface area contributed by atoms with Crippen LogP contribution in [0.25, 0.3) is 11.4 Å². The molecule has 0 radical (unpaired) electrons. The van der Waals surface area contributed by atoms with E-state index >= 15 is 0 Å². The zero-order valence-corrected chi connectivity index (χ0v) is 17.3. The second-order valence-corrected chi connectivity index (χ2v) is 7.69. The molecule has 0 spiro atoms. The second-order valence-electron chi connectivity index (χ2n) is 7.69. The van der Waals surface area contributed by atoms with E-state index in [2.05, 4.69) is 15.3 Å². The van der Waals surface area contributed by atoms with Crippen LogP contribution in [0, 0.1) is 11.7 Å². The third kappa shape index (κ3) is 4.82. The molecule has 0 bridgehead atoms. The quantitative estimate of drug-likeness (QED) is 0.619. The summed E-state index contributed by atoms with van der Waals surface area (Å²) in [5.74, 6) is 0.617. The van der Waals surface area contributed by atoms with Gasteiger partial charge in [0.2, 0.25) is 5.91 Å². The number of methoxy groups -OCH3 is 1. The van der Waals surface area contributed by atoms with Crippen LogP contribution in [0.4, 0.5) is 4.39 Å². The molecule has 31 heavy (non-hydrogen) atoms. The van der Waals surface area contributed by atoms with E-state index in [-0.39, 0.29) is 23.2 Å². The fraction of sp³-hybridized carbons (Fsp3) is 0.292. The summed E-state index contributed by atoms with van der Waals surface area (Å²) in [6.07, 6.45) is 2.26. The monoisotopic (exact) mass is 421 g/mol. The lowest BCUT2D eigenvalue weighted by molar-refractivity contribution is -0.125. The Labute approximate surface area is 179 Å². The van der Waals surface area contributed by atoms with Crippen molar-refractivity contribution in [1.29, 1.82) is 0 Å². The van der Waals surface area contributed by atoms with Crippen LogP contribution in [0.2, 0.25) is 0 Å². The van der Waals surface area contributed by atoms with Gasteiger partial charge in [-0.1, -0.05) is 12.1 Å². The van der Waals surface area contributed by atoms with Crippen molar-refractivity contribution >= 4 is 5.91 Å². The highest BCUT2D eigenvalue weighted by Gasteiger charge is 2.25. The molecule has 1 unspecified atom stereocenters. The topological polar surface area (TPSA) is 84.1 Å². The number of carbonyl (C=O) groups excluding carboxylic acids is 1. The number of aromatic amines is 1. The lowest BCUT2D eigenvalue weighted by atomic mass is 9.98. The summed E-state index contributed by atoms with van der Waals surface area (Å²) in [6.45, 7) is 0.424. The van der Waals surface area contributed by atoms with Gasteiger partial charge in [0.25, 0.3) is 5.56 Å². The molecule has 7 heteroatoms. The summed E-state index contributed by atoms with van der Waals surface area (Å²) in [5, 5.41) is 3.00. The zero-order valence-electron chi connectivity index (χ0n) is 17.3. The van der Waals surface area contributed by atoms with Crippen molar-refractivity contribution in [2.45, 2.75) is 32.2 Å². The van der Waals surface area contributed by atoms with Gasteiger partial charge < -0.3 is 15.0 Å². The van der Waals surface area contributed by atoms with E-state index in [0.29, 0.717) is 54.9 Å². The molecule has 0 saturated carbocycles. The van der Waals surface area contributed by atoms with Gasteiger partial charge in [0.15, 0.2) is 0 Å². The molecule has 1 heterocycles. The van der Waals surface area contributed by atoms with Crippen molar-refractivity contribution in [3.05, 3.63) is 81.5 Å². The number of carbonyl (C=O) groups is 1. The van der Waals surface area contributed by atoms with Crippen LogP contribution in [0.5, 0.6) is 5.75 Å². The summed E-state index contributed by atoms with van der Waals surface area (Å²) in [7, 11) is 1.61. The van der Waals surface area contributed by atoms with Gasteiger partial charge in [-0.25, -0.2) is 9.37 Å². The fourth-order valence-electron chi connectivity index (χ4n) is 3.91. The highest BCUT2D eigenvalue weighted by molar-refractivity contribution is 5.78. The van der Waals surface area contributed by atoms with E-state index in [1.165, 1.54) is 12.1 Å². The lowest BCUT2D eigenvalue weighted by Gasteiger charge is -2.14. The largest absolute Gasteiger partial charge is 0.497 e. The van der Waals surface area contributed by atoms with Crippen LogP contribution in [0.1, 0.15) is 29.7 Å². The first-order valence-corrected chi connectivity index (χ1v) is 10.3. The number of hydrogen-bond acceptors (Lipinski definition) is 4. The van der Waals surface area contributed by atoms with Crippen molar-refractivity contribution in [2.24, 2.45) is 5.92 Å². The number of aryl methyl sites for hydroxylation is 1. The molecule has 160 valence electrons. The Morgan fingerprint density at radius 2 is 1.97 bits per heavy atom. The van der Waals surface area contributed by atoms with Crippen LogP contribution in [0.15, 0.2) is 53.3 Å². The maximum atomic E-state index is 13.2. The van der Waals surface area contributed by atoms with Crippen molar-refractivity contribution in [2.75, 3.05) is 7.11 Å². The molecule has 1 amide bonds. The molecule has 0 aliphatic heterocycles. The van der Waals surface area contributed by atoms with Crippen LogP contribution in [-0.2, 0) is 24.2 Å². The van der Waals surface area contributed by atoms with E-state index in [0.717, 1.165) is 11.3 Å². The molecule has 2 aromatic carbocycles. The minimum Gasteiger partial charge on any atom is -0.497 e. The first kappa shape index (κ1) is 20.8. The Kier molecular flexibility index (Phi) is 6.11. The molecule has 1 atom stereocenters. The minimum atomic E-state index is -0.344. The molecule has 1 aromatic heterocycles. The fourth-order valence-corrected chi connectivity index (χ4v) is 3.91. The standard InChI is InChI=1S/C24H24FN3O3/c1-31-19-4-2-3-15(13-19)14-26-23(29)17-7-11-20-21(12-8-17)27-22(28-24(20)30)16-5-9-18(25)10-6-16/h2-6,9-10,13,17H,7-8,11-12,14H2,1H3,(H,26,29)(H,27,28,30). The van der Waals surface area contributed by atoms with E-state index in [4.69, 9.17) is 4.74 Å². The van der Waals surface area contributed by atoms with Gasteiger partial charge in [-0.3, -0.25) is 9.59 Å². The number of ether oxygens (including phenoxy) is 1. The van der Waals surface area contributed by atoms with Crippen molar-refractivity contribution in [1.82, 2.24) is 15.3 Å². The smallest absolute Gasteiger partial charge is 0.254 e. The molecular weight excluding hydrogens is 397 g/mol. The van der Waals surface area contributed by atoms with Gasteiger partial charge in [0.05, 0.1) is 12.8 Å². The lowest BCUT2D eigenvalue weighted by Crippen LogP contribution is -2.30. The molecule has 6 nitrogen and oxygen atoms in total. The van der Waals surface area contributed by atoms with Gasteiger partial charge in [-0.2, -0.15) is 0 Å². The number of H-pyrrole nitrogens is 1. The summed E-state index contributed by atoms with van der Waals surface area (Å²) in [5.41, 5.74) is 2.77. The van der Waals surface area contributed by atoms with Crippen molar-refractivity contribution in [3.8, 4) is 17.1 Å². The summed E-state index contributed by atoms with van der Waals surface area (Å²) < 4.78 is 18.4. The van der Waals surface area contributed by atoms with Gasteiger partial charge in [0, 0.05) is 23.6 Å². The first-order valence-electron chi connectivity index (χ1n) is 10.3. The van der Waals surface area contributed by atoms with Crippen LogP contribution < -0.4 is 15.6 Å². The number of rotatable bonds is 5. The molecule has 4 rings (SSSR count). The summed E-state index contributed by atoms with van der Waals surface area (Å²) >= 11 is 0. The van der Waals surface area contributed by atoms with Crippen LogP contribution in [0.3, 0.4) is 0 Å². The Balaban J connectivity index is 1.44. The van der Waals surface area contributed by atoms with E-state index in [1.54, 1.807) is 19.2 Å². The number of benzene rings is 2. The van der Waals surface area contributed by atoms with Gasteiger partial charge in [-0.05, 0) is 67.6 Å². The molecule has 0 saturated heterocycles. The molecule has 1 aliphatic rings. The van der Waals surface area contributed by atoms with Crippen molar-refractivity contribution in [3.63, 3.8) is 0 Å². The SMILES string of the molecule is COc1cccc(CNC(=O)C2CCc3nc(-c4ccc(F)cc4)[nH]c(=O)c3CC2)c1. The van der Waals surface area contributed by atoms with Gasteiger partial charge >= 0.3 is 0 Å². The zero-order chi connectivity index (χ0) is 21.8. The van der Waals surface area contributed by atoms with E-state index in [1.807, 2.05) is 24.3 Å². The predicted octanol–water partition coefficient (Wildman–Crippen LogP) is 3.40. The average Bonchev–Trinajstić information content (AvgIpc) is 3.01. The van der Waals surface area contributed by atoms with Gasteiger partial charge in [-0.15, -0.1) is 0 Å². The van der Waals surface area contributed by atoms with Gasteiger partial charge in [0.1, 0.15) is 17.4 Å². The Hall–Kier alpha value is -3.48. The number of fused-ring (bicyclic) bond motifs is 1. The number of hydrogen-bond donors (Lipinski definition) is 2. The minimum absolute atomic E-state index is 0.0224. The predicted molar refractivity (Wildman–Crippen MR) is 115 cm³/mol. The molecule has 1 aliphatic carbocycles. The normalized spacial score (nSPS) is 15.6. The maximum Gasteiger partial charge on any atom is 0.254 e. The first-order chi connectivity index (χ1) is 15.0.